The number of halogens is 1. The summed E-state index contributed by atoms with van der Waals surface area (Å²) in [6.45, 7) is 4.41. The molecule has 148 valence electrons. The van der Waals surface area contributed by atoms with E-state index in [1.807, 2.05) is 4.90 Å². The van der Waals surface area contributed by atoms with Gasteiger partial charge in [0, 0.05) is 39.3 Å². The standard InChI is InChI=1S/C20H28FN3O3/c21-17-6-4-16(5-7-17)8-9-22-19(25)15-23-10-2-11-24(13-12-23)20(26)18-3-1-14-27-18/h4-7,18H,1-3,8-15H2,(H,22,25). The monoisotopic (exact) mass is 377 g/mol. The Morgan fingerprint density at radius 2 is 1.93 bits per heavy atom. The lowest BCUT2D eigenvalue weighted by Crippen LogP contribution is -2.42. The Balaban J connectivity index is 1.37. The average Bonchev–Trinajstić information content (AvgIpc) is 3.10. The first-order valence-corrected chi connectivity index (χ1v) is 9.76. The zero-order chi connectivity index (χ0) is 19.1. The first-order chi connectivity index (χ1) is 13.1. The Morgan fingerprint density at radius 3 is 2.67 bits per heavy atom. The van der Waals surface area contributed by atoms with Crippen LogP contribution in [0, 0.1) is 5.82 Å². The van der Waals surface area contributed by atoms with Crippen LogP contribution in [0.15, 0.2) is 24.3 Å². The van der Waals surface area contributed by atoms with Crippen molar-refractivity contribution in [2.24, 2.45) is 0 Å². The highest BCUT2D eigenvalue weighted by molar-refractivity contribution is 5.81. The van der Waals surface area contributed by atoms with Gasteiger partial charge >= 0.3 is 0 Å². The van der Waals surface area contributed by atoms with E-state index >= 15 is 0 Å². The fourth-order valence-electron chi connectivity index (χ4n) is 3.58. The van der Waals surface area contributed by atoms with Gasteiger partial charge in [-0.05, 0) is 43.4 Å². The van der Waals surface area contributed by atoms with Crippen molar-refractivity contribution in [1.29, 1.82) is 0 Å². The maximum absolute atomic E-state index is 12.9. The molecular formula is C20H28FN3O3. The number of amides is 2. The lowest BCUT2D eigenvalue weighted by Gasteiger charge is -2.24. The molecule has 1 aromatic carbocycles. The number of nitrogens with zero attached hydrogens (tertiary/aromatic N) is 2. The Kier molecular flexibility index (Phi) is 7.18. The van der Waals surface area contributed by atoms with E-state index in [1.54, 1.807) is 12.1 Å². The van der Waals surface area contributed by atoms with Crippen LogP contribution >= 0.6 is 0 Å². The molecule has 0 saturated carbocycles. The van der Waals surface area contributed by atoms with Gasteiger partial charge < -0.3 is 15.0 Å². The SMILES string of the molecule is O=C(CN1CCCN(C(=O)C2CCCO2)CC1)NCCc1ccc(F)cc1. The van der Waals surface area contributed by atoms with Crippen LogP contribution in [0.5, 0.6) is 0 Å². The van der Waals surface area contributed by atoms with Crippen molar-refractivity contribution in [3.8, 4) is 0 Å². The number of hydrogen-bond acceptors (Lipinski definition) is 4. The van der Waals surface area contributed by atoms with E-state index in [4.69, 9.17) is 4.74 Å². The van der Waals surface area contributed by atoms with Crippen LogP contribution in [0.25, 0.3) is 0 Å². The van der Waals surface area contributed by atoms with E-state index in [0.717, 1.165) is 37.9 Å². The smallest absolute Gasteiger partial charge is 0.251 e. The molecular weight excluding hydrogens is 349 g/mol. The molecule has 2 saturated heterocycles. The molecule has 1 atom stereocenters. The lowest BCUT2D eigenvalue weighted by molar-refractivity contribution is -0.140. The van der Waals surface area contributed by atoms with Gasteiger partial charge in [-0.25, -0.2) is 4.39 Å². The number of carbonyl (C=O) groups is 2. The van der Waals surface area contributed by atoms with Crippen molar-refractivity contribution in [1.82, 2.24) is 15.1 Å². The molecule has 2 aliphatic rings. The molecule has 27 heavy (non-hydrogen) atoms. The number of benzene rings is 1. The maximum Gasteiger partial charge on any atom is 0.251 e. The minimum Gasteiger partial charge on any atom is -0.368 e. The minimum atomic E-state index is -0.272. The van der Waals surface area contributed by atoms with Crippen molar-refractivity contribution >= 4 is 11.8 Å². The zero-order valence-corrected chi connectivity index (χ0v) is 15.7. The van der Waals surface area contributed by atoms with Crippen LogP contribution in [0.3, 0.4) is 0 Å². The first kappa shape index (κ1) is 19.8. The van der Waals surface area contributed by atoms with Gasteiger partial charge in [0.05, 0.1) is 6.54 Å². The molecule has 0 aliphatic carbocycles. The predicted octanol–water partition coefficient (Wildman–Crippen LogP) is 1.20. The van der Waals surface area contributed by atoms with Gasteiger partial charge in [-0.3, -0.25) is 14.5 Å². The molecule has 1 N–H and O–H groups in total. The minimum absolute atomic E-state index is 0.0176. The molecule has 2 amide bonds. The van der Waals surface area contributed by atoms with Gasteiger partial charge in [-0.15, -0.1) is 0 Å². The summed E-state index contributed by atoms with van der Waals surface area (Å²) in [4.78, 5) is 28.6. The lowest BCUT2D eigenvalue weighted by atomic mass is 10.1. The molecule has 1 aromatic rings. The van der Waals surface area contributed by atoms with Crippen LogP contribution in [0.1, 0.15) is 24.8 Å². The summed E-state index contributed by atoms with van der Waals surface area (Å²) in [6.07, 6.45) is 3.03. The number of ether oxygens (including phenoxy) is 1. The van der Waals surface area contributed by atoms with Gasteiger partial charge in [0.1, 0.15) is 11.9 Å². The third-order valence-electron chi connectivity index (χ3n) is 5.12. The van der Waals surface area contributed by atoms with E-state index in [0.29, 0.717) is 39.2 Å². The van der Waals surface area contributed by atoms with Crippen LogP contribution in [0.2, 0.25) is 0 Å². The second-order valence-corrected chi connectivity index (χ2v) is 7.18. The highest BCUT2D eigenvalue weighted by Crippen LogP contribution is 2.16. The van der Waals surface area contributed by atoms with Gasteiger partial charge in [-0.2, -0.15) is 0 Å². The molecule has 3 rings (SSSR count). The number of carbonyl (C=O) groups excluding carboxylic acids is 2. The molecule has 1 unspecified atom stereocenters. The predicted molar refractivity (Wildman–Crippen MR) is 99.7 cm³/mol. The Labute approximate surface area is 159 Å². The summed E-state index contributed by atoms with van der Waals surface area (Å²) in [7, 11) is 0. The van der Waals surface area contributed by atoms with Gasteiger partial charge in [0.2, 0.25) is 5.91 Å². The summed E-state index contributed by atoms with van der Waals surface area (Å²) in [5.74, 6) is -0.176. The molecule has 6 nitrogen and oxygen atoms in total. The summed E-state index contributed by atoms with van der Waals surface area (Å²) in [5, 5.41) is 2.92. The zero-order valence-electron chi connectivity index (χ0n) is 15.7. The summed E-state index contributed by atoms with van der Waals surface area (Å²) in [5.41, 5.74) is 0.995. The molecule has 0 radical (unpaired) electrons. The van der Waals surface area contributed by atoms with E-state index < -0.39 is 0 Å². The van der Waals surface area contributed by atoms with Crippen molar-refractivity contribution in [2.75, 3.05) is 45.9 Å². The topological polar surface area (TPSA) is 61.9 Å². The molecule has 0 aromatic heterocycles. The number of rotatable bonds is 6. The van der Waals surface area contributed by atoms with E-state index in [1.165, 1.54) is 12.1 Å². The summed E-state index contributed by atoms with van der Waals surface area (Å²) < 4.78 is 18.4. The third kappa shape index (κ3) is 6.01. The molecule has 7 heteroatoms. The van der Waals surface area contributed by atoms with E-state index in [9.17, 15) is 14.0 Å². The van der Waals surface area contributed by atoms with Gasteiger partial charge in [-0.1, -0.05) is 12.1 Å². The van der Waals surface area contributed by atoms with Gasteiger partial charge in [0.25, 0.3) is 5.91 Å². The Morgan fingerprint density at radius 1 is 1.11 bits per heavy atom. The van der Waals surface area contributed by atoms with Crippen LogP contribution < -0.4 is 5.32 Å². The highest BCUT2D eigenvalue weighted by Gasteiger charge is 2.29. The average molecular weight is 377 g/mol. The fraction of sp³-hybridized carbons (Fsp3) is 0.600. The Bertz CT molecular complexity index is 632. The van der Waals surface area contributed by atoms with Crippen LogP contribution in [-0.2, 0) is 20.7 Å². The van der Waals surface area contributed by atoms with Crippen LogP contribution in [0.4, 0.5) is 4.39 Å². The van der Waals surface area contributed by atoms with Crippen molar-refractivity contribution in [2.45, 2.75) is 31.8 Å². The largest absolute Gasteiger partial charge is 0.368 e. The molecule has 2 heterocycles. The third-order valence-corrected chi connectivity index (χ3v) is 5.12. The molecule has 2 fully saturated rings. The quantitative estimate of drug-likeness (QED) is 0.809. The van der Waals surface area contributed by atoms with Crippen LogP contribution in [-0.4, -0.2) is 73.6 Å². The summed E-state index contributed by atoms with van der Waals surface area (Å²) in [6, 6.07) is 6.32. The fourth-order valence-corrected chi connectivity index (χ4v) is 3.58. The van der Waals surface area contributed by atoms with Gasteiger partial charge in [0.15, 0.2) is 0 Å². The van der Waals surface area contributed by atoms with Crippen molar-refractivity contribution < 1.29 is 18.7 Å². The molecule has 0 bridgehead atoms. The second-order valence-electron chi connectivity index (χ2n) is 7.18. The molecule has 0 spiro atoms. The Hall–Kier alpha value is -1.99. The number of nitrogens with one attached hydrogen (secondary N) is 1. The first-order valence-electron chi connectivity index (χ1n) is 9.76. The molecule has 2 aliphatic heterocycles. The maximum atomic E-state index is 12.9. The highest BCUT2D eigenvalue weighted by atomic mass is 19.1. The normalized spacial score (nSPS) is 21.1. The number of hydrogen-bond donors (Lipinski definition) is 1. The van der Waals surface area contributed by atoms with E-state index in [-0.39, 0.29) is 23.7 Å². The second kappa shape index (κ2) is 9.80. The summed E-state index contributed by atoms with van der Waals surface area (Å²) >= 11 is 0. The van der Waals surface area contributed by atoms with Crippen molar-refractivity contribution in [3.63, 3.8) is 0 Å². The van der Waals surface area contributed by atoms with Crippen molar-refractivity contribution in [3.05, 3.63) is 35.6 Å². The van der Waals surface area contributed by atoms with E-state index in [2.05, 4.69) is 10.2 Å².